The Hall–Kier alpha value is -2.98. The van der Waals surface area contributed by atoms with Crippen LogP contribution in [-0.2, 0) is 14.8 Å². The van der Waals surface area contributed by atoms with Crippen LogP contribution in [-0.4, -0.2) is 61.2 Å². The number of rotatable bonds is 7. The van der Waals surface area contributed by atoms with E-state index in [1.54, 1.807) is 4.90 Å². The molecule has 3 rings (SSSR count). The number of carbonyl (C=O) groups is 1. The molecule has 1 fully saturated rings. The number of ether oxygens (including phenoxy) is 1. The van der Waals surface area contributed by atoms with E-state index in [9.17, 15) is 23.3 Å². The summed E-state index contributed by atoms with van der Waals surface area (Å²) in [6.45, 7) is 2.82. The summed E-state index contributed by atoms with van der Waals surface area (Å²) >= 11 is 0. The number of para-hydroxylation sites is 1. The van der Waals surface area contributed by atoms with Gasteiger partial charge >= 0.3 is 0 Å². The summed E-state index contributed by atoms with van der Waals surface area (Å²) in [5.74, 6) is 0.568. The predicted octanol–water partition coefficient (Wildman–Crippen LogP) is 2.21. The maximum absolute atomic E-state index is 12.8. The van der Waals surface area contributed by atoms with Crippen molar-refractivity contribution in [3.8, 4) is 5.75 Å². The van der Waals surface area contributed by atoms with Crippen molar-refractivity contribution in [3.05, 3.63) is 64.2 Å². The third-order valence-corrected chi connectivity index (χ3v) is 6.82. The van der Waals surface area contributed by atoms with E-state index in [2.05, 4.69) is 0 Å². The number of carbonyl (C=O) groups excluding carboxylic acids is 1. The van der Waals surface area contributed by atoms with E-state index in [1.807, 2.05) is 31.2 Å². The molecule has 0 saturated carbocycles. The second kappa shape index (κ2) is 9.23. The fourth-order valence-electron chi connectivity index (χ4n) is 3.19. The Morgan fingerprint density at radius 2 is 1.70 bits per heavy atom. The second-order valence-corrected chi connectivity index (χ2v) is 8.83. The number of amides is 1. The SMILES string of the molecule is Cc1ccc(OCCC(=O)N2CCN(S(=O)(=O)c3ccccc3[N+](=O)[O-])CC2)cc1. The van der Waals surface area contributed by atoms with Gasteiger partial charge in [0.25, 0.3) is 5.69 Å². The molecule has 0 radical (unpaired) electrons. The first-order chi connectivity index (χ1) is 14.3. The topological polar surface area (TPSA) is 110 Å². The molecule has 1 aliphatic rings. The normalized spacial score (nSPS) is 15.0. The van der Waals surface area contributed by atoms with Crippen molar-refractivity contribution in [2.45, 2.75) is 18.2 Å². The molecular weight excluding hydrogens is 410 g/mol. The maximum Gasteiger partial charge on any atom is 0.289 e. The van der Waals surface area contributed by atoms with Gasteiger partial charge in [0.05, 0.1) is 18.0 Å². The zero-order valence-corrected chi connectivity index (χ0v) is 17.4. The number of nitro benzene ring substituents is 1. The summed E-state index contributed by atoms with van der Waals surface area (Å²) in [7, 11) is -4.01. The largest absolute Gasteiger partial charge is 0.493 e. The van der Waals surface area contributed by atoms with Gasteiger partial charge in [-0.05, 0) is 25.1 Å². The molecule has 0 bridgehead atoms. The molecule has 1 aliphatic heterocycles. The van der Waals surface area contributed by atoms with E-state index in [0.29, 0.717) is 5.75 Å². The van der Waals surface area contributed by atoms with Gasteiger partial charge in [-0.3, -0.25) is 14.9 Å². The van der Waals surface area contributed by atoms with Gasteiger partial charge < -0.3 is 9.64 Å². The lowest BCUT2D eigenvalue weighted by Crippen LogP contribution is -2.50. The van der Waals surface area contributed by atoms with Crippen molar-refractivity contribution in [2.24, 2.45) is 0 Å². The average molecular weight is 433 g/mol. The highest BCUT2D eigenvalue weighted by Gasteiger charge is 2.34. The van der Waals surface area contributed by atoms with Gasteiger partial charge in [-0.25, -0.2) is 8.42 Å². The highest BCUT2D eigenvalue weighted by molar-refractivity contribution is 7.89. The van der Waals surface area contributed by atoms with E-state index in [-0.39, 0.29) is 50.0 Å². The molecule has 0 unspecified atom stereocenters. The summed E-state index contributed by atoms with van der Waals surface area (Å²) < 4.78 is 32.4. The summed E-state index contributed by atoms with van der Waals surface area (Å²) in [5.41, 5.74) is 0.663. The number of nitrogens with zero attached hydrogens (tertiary/aromatic N) is 3. The number of hydrogen-bond donors (Lipinski definition) is 0. The molecule has 0 spiro atoms. The Balaban J connectivity index is 1.54. The number of aryl methyl sites for hydroxylation is 1. The predicted molar refractivity (Wildman–Crippen MR) is 110 cm³/mol. The highest BCUT2D eigenvalue weighted by Crippen LogP contribution is 2.27. The van der Waals surface area contributed by atoms with Gasteiger partial charge in [0.15, 0.2) is 4.90 Å². The molecule has 0 atom stereocenters. The lowest BCUT2D eigenvalue weighted by atomic mass is 10.2. The second-order valence-electron chi connectivity index (χ2n) is 6.92. The van der Waals surface area contributed by atoms with Crippen molar-refractivity contribution in [3.63, 3.8) is 0 Å². The Morgan fingerprint density at radius 1 is 1.07 bits per heavy atom. The lowest BCUT2D eigenvalue weighted by molar-refractivity contribution is -0.387. The standard InChI is InChI=1S/C20H23N3O6S/c1-16-6-8-17(9-7-16)29-15-10-20(24)21-11-13-22(14-12-21)30(27,28)19-5-3-2-4-18(19)23(25)26/h2-9H,10-15H2,1H3. The Labute approximate surface area is 175 Å². The van der Waals surface area contributed by atoms with E-state index < -0.39 is 20.6 Å². The molecule has 2 aromatic carbocycles. The van der Waals surface area contributed by atoms with Crippen LogP contribution in [0.25, 0.3) is 0 Å². The zero-order chi connectivity index (χ0) is 21.7. The first-order valence-electron chi connectivity index (χ1n) is 9.50. The fraction of sp³-hybridized carbons (Fsp3) is 0.350. The summed E-state index contributed by atoms with van der Waals surface area (Å²) in [5, 5.41) is 11.2. The molecule has 0 aliphatic carbocycles. The van der Waals surface area contributed by atoms with Crippen LogP contribution >= 0.6 is 0 Å². The van der Waals surface area contributed by atoms with Crippen LogP contribution in [0.5, 0.6) is 5.75 Å². The van der Waals surface area contributed by atoms with Gasteiger partial charge in [-0.2, -0.15) is 4.31 Å². The number of nitro groups is 1. The minimum Gasteiger partial charge on any atom is -0.493 e. The van der Waals surface area contributed by atoms with E-state index in [0.717, 1.165) is 5.56 Å². The number of hydrogen-bond acceptors (Lipinski definition) is 6. The van der Waals surface area contributed by atoms with Gasteiger partial charge in [-0.15, -0.1) is 0 Å². The van der Waals surface area contributed by atoms with Gasteiger partial charge in [-0.1, -0.05) is 29.8 Å². The van der Waals surface area contributed by atoms with E-state index >= 15 is 0 Å². The summed E-state index contributed by atoms with van der Waals surface area (Å²) in [6.07, 6.45) is 0.185. The first kappa shape index (κ1) is 21.7. The summed E-state index contributed by atoms with van der Waals surface area (Å²) in [4.78, 5) is 24.1. The number of piperazine rings is 1. The van der Waals surface area contributed by atoms with Crippen LogP contribution in [0.4, 0.5) is 5.69 Å². The van der Waals surface area contributed by atoms with Crippen molar-refractivity contribution in [1.82, 2.24) is 9.21 Å². The minimum absolute atomic E-state index is 0.0823. The maximum atomic E-state index is 12.8. The Bertz CT molecular complexity index is 1020. The van der Waals surface area contributed by atoms with Crippen LogP contribution < -0.4 is 4.74 Å². The molecule has 2 aromatic rings. The number of benzene rings is 2. The van der Waals surface area contributed by atoms with Crippen molar-refractivity contribution >= 4 is 21.6 Å². The van der Waals surface area contributed by atoms with Crippen molar-refractivity contribution < 1.29 is 22.9 Å². The third-order valence-electron chi connectivity index (χ3n) is 4.88. The number of sulfonamides is 1. The molecule has 10 heteroatoms. The monoisotopic (exact) mass is 433 g/mol. The minimum atomic E-state index is -4.01. The molecular formula is C20H23N3O6S. The highest BCUT2D eigenvalue weighted by atomic mass is 32.2. The lowest BCUT2D eigenvalue weighted by Gasteiger charge is -2.34. The van der Waals surface area contributed by atoms with E-state index in [1.165, 1.54) is 28.6 Å². The van der Waals surface area contributed by atoms with Crippen LogP contribution in [0.3, 0.4) is 0 Å². The molecule has 160 valence electrons. The third kappa shape index (κ3) is 4.95. The quantitative estimate of drug-likeness (QED) is 0.489. The van der Waals surface area contributed by atoms with Gasteiger partial charge in [0.2, 0.25) is 15.9 Å². The fourth-order valence-corrected chi connectivity index (χ4v) is 4.77. The molecule has 1 amide bonds. The van der Waals surface area contributed by atoms with Crippen LogP contribution in [0.15, 0.2) is 53.4 Å². The zero-order valence-electron chi connectivity index (χ0n) is 16.6. The molecule has 1 saturated heterocycles. The molecule has 9 nitrogen and oxygen atoms in total. The van der Waals surface area contributed by atoms with Crippen LogP contribution in [0, 0.1) is 17.0 Å². The van der Waals surface area contributed by atoms with Crippen LogP contribution in [0.2, 0.25) is 0 Å². The molecule has 0 aromatic heterocycles. The molecule has 0 N–H and O–H groups in total. The first-order valence-corrected chi connectivity index (χ1v) is 10.9. The Morgan fingerprint density at radius 3 is 2.33 bits per heavy atom. The van der Waals surface area contributed by atoms with E-state index in [4.69, 9.17) is 4.74 Å². The van der Waals surface area contributed by atoms with Crippen molar-refractivity contribution in [2.75, 3.05) is 32.8 Å². The van der Waals surface area contributed by atoms with Gasteiger partial charge in [0, 0.05) is 32.2 Å². The average Bonchev–Trinajstić information content (AvgIpc) is 2.75. The Kier molecular flexibility index (Phi) is 6.68. The van der Waals surface area contributed by atoms with Gasteiger partial charge in [0.1, 0.15) is 5.75 Å². The van der Waals surface area contributed by atoms with Crippen molar-refractivity contribution in [1.29, 1.82) is 0 Å². The molecule has 1 heterocycles. The smallest absolute Gasteiger partial charge is 0.289 e. The molecule has 30 heavy (non-hydrogen) atoms. The van der Waals surface area contributed by atoms with Crippen LogP contribution in [0.1, 0.15) is 12.0 Å². The summed E-state index contributed by atoms with van der Waals surface area (Å²) in [6, 6.07) is 12.8.